The Kier molecular flexibility index (Phi) is 7.94. The number of hydrogen-bond acceptors (Lipinski definition) is 5. The van der Waals surface area contributed by atoms with E-state index in [1.54, 1.807) is 6.92 Å². The topological polar surface area (TPSA) is 68.2 Å². The summed E-state index contributed by atoms with van der Waals surface area (Å²) in [4.78, 5) is 13.7. The first kappa shape index (κ1) is 24.6. The first-order valence-corrected chi connectivity index (χ1v) is 12.7. The first-order chi connectivity index (χ1) is 16.9. The molecule has 0 saturated heterocycles. The van der Waals surface area contributed by atoms with Gasteiger partial charge in [-0.1, -0.05) is 60.7 Å². The van der Waals surface area contributed by atoms with E-state index in [1.165, 1.54) is 22.5 Å². The zero-order chi connectivity index (χ0) is 24.8. The molecule has 2 heterocycles. The molecule has 8 heteroatoms. The SMILES string of the molecule is CCOC(=O)c1cc(Cc2ccccc2)sc1NC(=S)Nc1c(C)nn(Cc2ccccc2)c1C. The summed E-state index contributed by atoms with van der Waals surface area (Å²) >= 11 is 7.12. The number of nitrogens with zero attached hydrogens (tertiary/aromatic N) is 2. The van der Waals surface area contributed by atoms with Crippen molar-refractivity contribution in [2.24, 2.45) is 0 Å². The highest BCUT2D eigenvalue weighted by molar-refractivity contribution is 7.80. The molecule has 0 unspecified atom stereocenters. The van der Waals surface area contributed by atoms with Gasteiger partial charge >= 0.3 is 5.97 Å². The van der Waals surface area contributed by atoms with Crippen LogP contribution in [0.5, 0.6) is 0 Å². The van der Waals surface area contributed by atoms with E-state index in [1.807, 2.05) is 61.0 Å². The lowest BCUT2D eigenvalue weighted by atomic mass is 10.1. The molecule has 6 nitrogen and oxygen atoms in total. The van der Waals surface area contributed by atoms with Crippen molar-refractivity contribution in [3.05, 3.63) is 99.7 Å². The monoisotopic (exact) mass is 504 g/mol. The zero-order valence-electron chi connectivity index (χ0n) is 20.0. The Morgan fingerprint density at radius 1 is 1.03 bits per heavy atom. The van der Waals surface area contributed by atoms with Crippen LogP contribution in [-0.2, 0) is 17.7 Å². The number of hydrogen-bond donors (Lipinski definition) is 2. The maximum atomic E-state index is 12.6. The van der Waals surface area contributed by atoms with E-state index >= 15 is 0 Å². The number of benzene rings is 2. The number of rotatable bonds is 8. The van der Waals surface area contributed by atoms with Crippen LogP contribution >= 0.6 is 23.6 Å². The first-order valence-electron chi connectivity index (χ1n) is 11.4. The lowest BCUT2D eigenvalue weighted by Crippen LogP contribution is -2.21. The molecule has 0 radical (unpaired) electrons. The molecule has 0 atom stereocenters. The van der Waals surface area contributed by atoms with Gasteiger partial charge in [-0.3, -0.25) is 4.68 Å². The smallest absolute Gasteiger partial charge is 0.341 e. The van der Waals surface area contributed by atoms with Crippen molar-refractivity contribution in [1.29, 1.82) is 0 Å². The fourth-order valence-corrected chi connectivity index (χ4v) is 5.17. The number of aromatic nitrogens is 2. The van der Waals surface area contributed by atoms with E-state index in [4.69, 9.17) is 17.0 Å². The van der Waals surface area contributed by atoms with E-state index in [9.17, 15) is 4.79 Å². The average molecular weight is 505 g/mol. The summed E-state index contributed by atoms with van der Waals surface area (Å²) in [6.07, 6.45) is 0.726. The van der Waals surface area contributed by atoms with Crippen molar-refractivity contribution in [3.63, 3.8) is 0 Å². The Bertz CT molecular complexity index is 1310. The molecule has 35 heavy (non-hydrogen) atoms. The van der Waals surface area contributed by atoms with E-state index in [-0.39, 0.29) is 5.97 Å². The summed E-state index contributed by atoms with van der Waals surface area (Å²) in [7, 11) is 0. The Hall–Kier alpha value is -3.49. The van der Waals surface area contributed by atoms with Gasteiger partial charge in [0, 0.05) is 11.3 Å². The van der Waals surface area contributed by atoms with Gasteiger partial charge in [-0.25, -0.2) is 4.79 Å². The number of nitrogens with one attached hydrogen (secondary N) is 2. The minimum Gasteiger partial charge on any atom is -0.462 e. The summed E-state index contributed by atoms with van der Waals surface area (Å²) in [5, 5.41) is 12.2. The second-order valence-electron chi connectivity index (χ2n) is 8.11. The highest BCUT2D eigenvalue weighted by atomic mass is 32.1. The highest BCUT2D eigenvalue weighted by Crippen LogP contribution is 2.31. The van der Waals surface area contributed by atoms with Gasteiger partial charge in [0.15, 0.2) is 5.11 Å². The molecule has 0 amide bonds. The molecule has 0 aliphatic carbocycles. The van der Waals surface area contributed by atoms with Gasteiger partial charge in [0.1, 0.15) is 5.00 Å². The van der Waals surface area contributed by atoms with E-state index < -0.39 is 0 Å². The minimum absolute atomic E-state index is 0.309. The molecule has 0 saturated carbocycles. The van der Waals surface area contributed by atoms with Crippen LogP contribution in [0, 0.1) is 13.8 Å². The maximum absolute atomic E-state index is 12.6. The van der Waals surface area contributed by atoms with E-state index in [0.29, 0.717) is 28.8 Å². The van der Waals surface area contributed by atoms with Crippen molar-refractivity contribution in [3.8, 4) is 0 Å². The number of carbonyl (C=O) groups is 1. The molecule has 4 rings (SSSR count). The number of carbonyl (C=O) groups excluding carboxylic acids is 1. The fraction of sp³-hybridized carbons (Fsp3) is 0.222. The normalized spacial score (nSPS) is 10.7. The molecule has 0 aliphatic heterocycles. The third-order valence-corrected chi connectivity index (χ3v) is 6.78. The second-order valence-corrected chi connectivity index (χ2v) is 9.65. The van der Waals surface area contributed by atoms with Gasteiger partial charge in [-0.2, -0.15) is 5.10 Å². The van der Waals surface area contributed by atoms with Gasteiger partial charge in [0.25, 0.3) is 0 Å². The fourth-order valence-electron chi connectivity index (χ4n) is 3.82. The Morgan fingerprint density at radius 3 is 2.34 bits per heavy atom. The minimum atomic E-state index is -0.364. The van der Waals surface area contributed by atoms with Crippen molar-refractivity contribution < 1.29 is 9.53 Å². The number of anilines is 2. The van der Waals surface area contributed by atoms with Crippen LogP contribution < -0.4 is 10.6 Å². The Morgan fingerprint density at radius 2 is 1.69 bits per heavy atom. The summed E-state index contributed by atoms with van der Waals surface area (Å²) in [5.74, 6) is -0.364. The van der Waals surface area contributed by atoms with Crippen molar-refractivity contribution >= 4 is 45.3 Å². The molecule has 180 valence electrons. The van der Waals surface area contributed by atoms with Crippen LogP contribution in [0.3, 0.4) is 0 Å². The largest absolute Gasteiger partial charge is 0.462 e. The van der Waals surface area contributed by atoms with E-state index in [2.05, 4.69) is 40.0 Å². The van der Waals surface area contributed by atoms with Crippen LogP contribution in [0.4, 0.5) is 10.7 Å². The van der Waals surface area contributed by atoms with Crippen LogP contribution in [0.15, 0.2) is 66.7 Å². The average Bonchev–Trinajstić information content (AvgIpc) is 3.36. The quantitative estimate of drug-likeness (QED) is 0.220. The molecule has 2 aromatic heterocycles. The lowest BCUT2D eigenvalue weighted by Gasteiger charge is -2.11. The van der Waals surface area contributed by atoms with Gasteiger partial charge in [-0.15, -0.1) is 11.3 Å². The maximum Gasteiger partial charge on any atom is 0.341 e. The number of thiophene rings is 1. The molecule has 2 aromatic carbocycles. The third kappa shape index (κ3) is 6.15. The molecule has 2 N–H and O–H groups in total. The Balaban J connectivity index is 1.51. The summed E-state index contributed by atoms with van der Waals surface area (Å²) in [5.41, 5.74) is 5.53. The lowest BCUT2D eigenvalue weighted by molar-refractivity contribution is 0.0528. The molecule has 4 aromatic rings. The van der Waals surface area contributed by atoms with Gasteiger partial charge in [0.05, 0.1) is 35.8 Å². The summed E-state index contributed by atoms with van der Waals surface area (Å²) < 4.78 is 7.24. The van der Waals surface area contributed by atoms with Gasteiger partial charge in [-0.05, 0) is 50.2 Å². The van der Waals surface area contributed by atoms with Gasteiger partial charge < -0.3 is 15.4 Å². The molecule has 0 spiro atoms. The predicted molar refractivity (Wildman–Crippen MR) is 147 cm³/mol. The predicted octanol–water partition coefficient (Wildman–Crippen LogP) is 6.19. The van der Waals surface area contributed by atoms with Crippen LogP contribution in [0.2, 0.25) is 0 Å². The number of aryl methyl sites for hydroxylation is 1. The van der Waals surface area contributed by atoms with Crippen molar-refractivity contribution in [2.45, 2.75) is 33.7 Å². The molecule has 0 fully saturated rings. The zero-order valence-corrected chi connectivity index (χ0v) is 21.6. The van der Waals surface area contributed by atoms with Crippen LogP contribution in [-0.4, -0.2) is 27.5 Å². The van der Waals surface area contributed by atoms with E-state index in [0.717, 1.165) is 28.4 Å². The van der Waals surface area contributed by atoms with Gasteiger partial charge in [0.2, 0.25) is 0 Å². The number of ether oxygens (including phenoxy) is 1. The summed E-state index contributed by atoms with van der Waals surface area (Å²) in [6.45, 7) is 6.75. The third-order valence-electron chi connectivity index (χ3n) is 5.52. The number of thiocarbonyl (C=S) groups is 1. The highest BCUT2D eigenvalue weighted by Gasteiger charge is 2.20. The molecule has 0 aliphatic rings. The molecular weight excluding hydrogens is 476 g/mol. The van der Waals surface area contributed by atoms with Crippen LogP contribution in [0.25, 0.3) is 0 Å². The number of esters is 1. The summed E-state index contributed by atoms with van der Waals surface area (Å²) in [6, 6.07) is 22.2. The van der Waals surface area contributed by atoms with Crippen molar-refractivity contribution in [2.75, 3.05) is 17.2 Å². The Labute approximate surface area is 215 Å². The van der Waals surface area contributed by atoms with Crippen LogP contribution in [0.1, 0.15) is 44.7 Å². The second kappa shape index (κ2) is 11.3. The van der Waals surface area contributed by atoms with Crippen molar-refractivity contribution in [1.82, 2.24) is 9.78 Å². The molecule has 0 bridgehead atoms. The molecular formula is C27H28N4O2S2. The standard InChI is InChI=1S/C27H28N4O2S2/c1-4-33-26(32)23-16-22(15-20-11-7-5-8-12-20)35-25(23)29-27(34)28-24-18(2)30-31(19(24)3)17-21-13-9-6-10-14-21/h5-14,16H,4,15,17H2,1-3H3,(H2,28,29,34).